The molecule has 1 heterocycles. The fraction of sp³-hybridized carbons (Fsp3) is 0. The predicted octanol–water partition coefficient (Wildman–Crippen LogP) is 10.5. The third-order valence-corrected chi connectivity index (χ3v) is 13.7. The molecule has 0 saturated heterocycles. The molecule has 2 unspecified atom stereocenters. The third kappa shape index (κ3) is 7.79. The molecule has 1 aliphatic rings. The average Bonchev–Trinajstić information content (AvgIpc) is 3.15. The number of nitrogens with zero attached hydrogens (tertiary/aromatic N) is 3. The quantitative estimate of drug-likeness (QED) is 0.0930. The van der Waals surface area contributed by atoms with Crippen LogP contribution in [0.4, 0.5) is 11.4 Å². The molecule has 252 valence electrons. The van der Waals surface area contributed by atoms with E-state index in [0.717, 1.165) is 0 Å². The molecule has 0 bridgehead atoms. The second-order valence-corrected chi connectivity index (χ2v) is 16.0. The van der Waals surface area contributed by atoms with Crippen LogP contribution in [0.2, 0.25) is 0 Å². The van der Waals surface area contributed by atoms with Crippen LogP contribution in [0, 0.1) is 0 Å². The third-order valence-electron chi connectivity index (χ3n) is 6.84. The summed E-state index contributed by atoms with van der Waals surface area (Å²) in [5, 5.41) is 0. The highest BCUT2D eigenvalue weighted by molar-refractivity contribution is 7.78. The van der Waals surface area contributed by atoms with Crippen molar-refractivity contribution in [3.63, 3.8) is 0 Å². The summed E-state index contributed by atoms with van der Waals surface area (Å²) in [6.07, 6.45) is 0. The Balaban J connectivity index is 1.49. The van der Waals surface area contributed by atoms with Crippen LogP contribution >= 0.6 is 24.6 Å². The lowest BCUT2D eigenvalue weighted by Crippen LogP contribution is -2.37. The molecule has 14 heteroatoms. The van der Waals surface area contributed by atoms with Crippen molar-refractivity contribution in [2.75, 3.05) is 11.5 Å². The number of hydrogen-bond donors (Lipinski definition) is 2. The van der Waals surface area contributed by atoms with Gasteiger partial charge in [0.25, 0.3) is 0 Å². The van der Waals surface area contributed by atoms with Crippen LogP contribution in [0.25, 0.3) is 0 Å². The van der Waals surface area contributed by atoms with Crippen LogP contribution in [0.1, 0.15) is 0 Å². The summed E-state index contributed by atoms with van der Waals surface area (Å²) < 4.78 is 35.6. The van der Waals surface area contributed by atoms with Crippen LogP contribution in [-0.4, -0.2) is 9.21 Å². The van der Waals surface area contributed by atoms with E-state index in [2.05, 4.69) is 0 Å². The fourth-order valence-electron chi connectivity index (χ4n) is 4.48. The predicted molar refractivity (Wildman–Crippen MR) is 198 cm³/mol. The monoisotopic (exact) mass is 723 g/mol. The molecule has 0 radical (unpaired) electrons. The maximum absolute atomic E-state index is 6.88. The molecule has 6 aromatic carbocycles. The van der Waals surface area contributed by atoms with Gasteiger partial charge in [-0.2, -0.15) is 0 Å². The number of rotatable bonds is 12. The van der Waals surface area contributed by atoms with E-state index in [1.807, 2.05) is 133 Å². The van der Waals surface area contributed by atoms with E-state index < -0.39 is 24.6 Å². The first-order valence-electron chi connectivity index (χ1n) is 15.4. The molecule has 0 saturated carbocycles. The molecule has 0 spiro atoms. The van der Waals surface area contributed by atoms with Gasteiger partial charge in [-0.1, -0.05) is 97.1 Å². The zero-order valence-corrected chi connectivity index (χ0v) is 29.1. The number of nitrogens with two attached hydrogens (primary N) is 2. The van der Waals surface area contributed by atoms with Crippen LogP contribution in [0.15, 0.2) is 174 Å². The lowest BCUT2D eigenvalue weighted by atomic mass is 10.3. The van der Waals surface area contributed by atoms with Crippen molar-refractivity contribution in [1.29, 1.82) is 0 Å². The topological polar surface area (TPSA) is 126 Å². The molecule has 7 rings (SSSR count). The zero-order valence-electron chi connectivity index (χ0n) is 26.5. The van der Waals surface area contributed by atoms with Crippen molar-refractivity contribution in [1.82, 2.24) is 9.21 Å². The Kier molecular flexibility index (Phi) is 10.3. The van der Waals surface area contributed by atoms with E-state index in [0.29, 0.717) is 45.9 Å². The summed E-state index contributed by atoms with van der Waals surface area (Å²) in [5.41, 5.74) is 13.7. The Hall–Kier alpha value is -5.27. The van der Waals surface area contributed by atoms with E-state index in [4.69, 9.17) is 43.8 Å². The van der Waals surface area contributed by atoms with Gasteiger partial charge >= 0.3 is 24.6 Å². The van der Waals surface area contributed by atoms with Gasteiger partial charge in [0.2, 0.25) is 0 Å². The van der Waals surface area contributed by atoms with Gasteiger partial charge in [-0.05, 0) is 72.8 Å². The lowest BCUT2D eigenvalue weighted by Gasteiger charge is -2.43. The standard InChI is InChI=1S/C36H32N5O6P3/c37-33-25-13-15-27-35(33)46-50(47-36-28-16-14-26-34(36)38)39-48(44-31-21-9-3-10-22-31)40(42-29-17-5-1-6-18-29)49(45-32-23-11-4-12-24-32)41(50)43-30-19-7-2-8-20-30/h1-28H,37-38H2. The van der Waals surface area contributed by atoms with E-state index >= 15 is 0 Å². The summed E-state index contributed by atoms with van der Waals surface area (Å²) >= 11 is 0. The molecule has 0 aliphatic carbocycles. The summed E-state index contributed by atoms with van der Waals surface area (Å²) in [5.74, 6) is 2.65. The normalized spacial score (nSPS) is 17.1. The first-order valence-corrected chi connectivity index (χ1v) is 19.3. The van der Waals surface area contributed by atoms with Crippen molar-refractivity contribution in [3.8, 4) is 34.5 Å². The molecule has 0 aromatic heterocycles. The van der Waals surface area contributed by atoms with Crippen LogP contribution < -0.4 is 39.2 Å². The maximum atomic E-state index is 6.88. The minimum Gasteiger partial charge on any atom is -0.440 e. The Labute approximate surface area is 292 Å². The second-order valence-electron chi connectivity index (χ2n) is 10.5. The fourth-order valence-corrected chi connectivity index (χ4v) is 12.0. The minimum absolute atomic E-state index is 0.308. The van der Waals surface area contributed by atoms with Crippen molar-refractivity contribution in [2.24, 2.45) is 4.52 Å². The molecule has 1 aliphatic heterocycles. The zero-order chi connectivity index (χ0) is 34.2. The van der Waals surface area contributed by atoms with Crippen LogP contribution in [-0.2, 0) is 0 Å². The van der Waals surface area contributed by atoms with Gasteiger partial charge in [0.1, 0.15) is 23.0 Å². The second kappa shape index (κ2) is 15.5. The molecule has 50 heavy (non-hydrogen) atoms. The first kappa shape index (κ1) is 33.2. The number of nitrogen functional groups attached to an aromatic ring is 2. The Morgan fingerprint density at radius 3 is 1.34 bits per heavy atom. The Morgan fingerprint density at radius 2 is 0.860 bits per heavy atom. The van der Waals surface area contributed by atoms with Crippen molar-refractivity contribution in [3.05, 3.63) is 170 Å². The number of anilines is 2. The van der Waals surface area contributed by atoms with Gasteiger partial charge in [-0.25, -0.2) is 0 Å². The van der Waals surface area contributed by atoms with E-state index in [-0.39, 0.29) is 0 Å². The molecular formula is C36H32N5O6P3. The summed E-state index contributed by atoms with van der Waals surface area (Å²) in [6, 6.07) is 51.3. The average molecular weight is 724 g/mol. The van der Waals surface area contributed by atoms with Gasteiger partial charge < -0.3 is 39.2 Å². The molecule has 11 nitrogen and oxygen atoms in total. The Morgan fingerprint density at radius 1 is 0.460 bits per heavy atom. The van der Waals surface area contributed by atoms with E-state index in [1.165, 1.54) is 4.60 Å². The van der Waals surface area contributed by atoms with E-state index in [1.54, 1.807) is 41.0 Å². The molecular weight excluding hydrogens is 691 g/mol. The minimum atomic E-state index is -3.93. The highest BCUT2D eigenvalue weighted by Gasteiger charge is 2.58. The highest BCUT2D eigenvalue weighted by atomic mass is 31.3. The SMILES string of the molecule is Nc1ccccc1OP1(Oc2ccccc2N)=NP(Oc2ccccc2)N(Oc2ccccc2)P(Oc2ccccc2)N1Oc1ccccc1. The van der Waals surface area contributed by atoms with Gasteiger partial charge in [0.05, 0.1) is 11.4 Å². The van der Waals surface area contributed by atoms with E-state index in [9.17, 15) is 0 Å². The Bertz CT molecular complexity index is 2000. The van der Waals surface area contributed by atoms with Crippen molar-refractivity contribution in [2.45, 2.75) is 0 Å². The molecule has 6 aromatic rings. The molecule has 2 atom stereocenters. The molecule has 0 amide bonds. The largest absolute Gasteiger partial charge is 0.447 e. The highest BCUT2D eigenvalue weighted by Crippen LogP contribution is 2.78. The van der Waals surface area contributed by atoms with Gasteiger partial charge in [-0.15, -0.1) is 4.52 Å². The molecule has 0 fully saturated rings. The number of benzene rings is 6. The lowest BCUT2D eigenvalue weighted by molar-refractivity contribution is 0.0546. The summed E-state index contributed by atoms with van der Waals surface area (Å²) in [7, 11) is -8.27. The summed E-state index contributed by atoms with van der Waals surface area (Å²) in [6.45, 7) is 0. The maximum Gasteiger partial charge on any atom is 0.447 e. The van der Waals surface area contributed by atoms with Crippen molar-refractivity contribution >= 4 is 35.9 Å². The van der Waals surface area contributed by atoms with Gasteiger partial charge in [0, 0.05) is 9.21 Å². The van der Waals surface area contributed by atoms with Crippen LogP contribution in [0.5, 0.6) is 34.5 Å². The summed E-state index contributed by atoms with van der Waals surface area (Å²) in [4.78, 5) is 13.4. The van der Waals surface area contributed by atoms with Gasteiger partial charge in [-0.3, -0.25) is 0 Å². The number of para-hydroxylation sites is 8. The van der Waals surface area contributed by atoms with Gasteiger partial charge in [0.15, 0.2) is 11.5 Å². The van der Waals surface area contributed by atoms with Crippen LogP contribution in [0.3, 0.4) is 0 Å². The number of hydrogen-bond acceptors (Lipinski definition) is 11. The molecule has 4 N–H and O–H groups in total. The first-order chi connectivity index (χ1) is 24.6. The smallest absolute Gasteiger partial charge is 0.440 e. The van der Waals surface area contributed by atoms with Crippen molar-refractivity contribution < 1.29 is 27.8 Å².